The summed E-state index contributed by atoms with van der Waals surface area (Å²) >= 11 is 5.35. The molecule has 0 aliphatic rings. The molecule has 0 aliphatic carbocycles. The monoisotopic (exact) mass is 299 g/mol. The van der Waals surface area contributed by atoms with Crippen LogP contribution in [-0.4, -0.2) is 16.8 Å². The molecule has 1 N–H and O–H groups in total. The SMILES string of the molecule is CNC(Cc1cnn(C)c1)c1sccc1Br. The quantitative estimate of drug-likeness (QED) is 0.941. The van der Waals surface area contributed by atoms with E-state index in [0.29, 0.717) is 6.04 Å². The molecule has 0 fully saturated rings. The first-order chi connectivity index (χ1) is 7.70. The highest BCUT2D eigenvalue weighted by Crippen LogP contribution is 2.30. The van der Waals surface area contributed by atoms with Crippen LogP contribution in [0.1, 0.15) is 16.5 Å². The predicted molar refractivity (Wildman–Crippen MR) is 70.7 cm³/mol. The molecule has 0 saturated heterocycles. The molecule has 3 nitrogen and oxygen atoms in total. The molecule has 2 aromatic heterocycles. The van der Waals surface area contributed by atoms with Gasteiger partial charge in [-0.25, -0.2) is 0 Å². The van der Waals surface area contributed by atoms with Crippen molar-refractivity contribution in [1.29, 1.82) is 0 Å². The molecule has 1 unspecified atom stereocenters. The van der Waals surface area contributed by atoms with Crippen molar-refractivity contribution in [3.05, 3.63) is 38.8 Å². The van der Waals surface area contributed by atoms with E-state index in [0.717, 1.165) is 6.42 Å². The van der Waals surface area contributed by atoms with Gasteiger partial charge in [-0.05, 0) is 46.4 Å². The van der Waals surface area contributed by atoms with Gasteiger partial charge in [0.1, 0.15) is 0 Å². The third kappa shape index (κ3) is 2.53. The molecular formula is C11H14BrN3S. The van der Waals surface area contributed by atoms with Crippen molar-refractivity contribution in [2.24, 2.45) is 7.05 Å². The van der Waals surface area contributed by atoms with E-state index in [9.17, 15) is 0 Å². The van der Waals surface area contributed by atoms with E-state index >= 15 is 0 Å². The number of thiophene rings is 1. The third-order valence-electron chi connectivity index (χ3n) is 2.51. The first kappa shape index (κ1) is 11.8. The molecular weight excluding hydrogens is 286 g/mol. The highest BCUT2D eigenvalue weighted by molar-refractivity contribution is 9.10. The van der Waals surface area contributed by atoms with Crippen LogP contribution in [0.25, 0.3) is 0 Å². The van der Waals surface area contributed by atoms with Crippen molar-refractivity contribution < 1.29 is 0 Å². The Morgan fingerprint density at radius 2 is 2.44 bits per heavy atom. The largest absolute Gasteiger partial charge is 0.312 e. The van der Waals surface area contributed by atoms with Gasteiger partial charge >= 0.3 is 0 Å². The Kier molecular flexibility index (Phi) is 3.78. The van der Waals surface area contributed by atoms with E-state index in [-0.39, 0.29) is 0 Å². The molecule has 16 heavy (non-hydrogen) atoms. The van der Waals surface area contributed by atoms with Gasteiger partial charge in [0.25, 0.3) is 0 Å². The second-order valence-corrected chi connectivity index (χ2v) is 5.50. The second-order valence-electron chi connectivity index (χ2n) is 3.70. The van der Waals surface area contributed by atoms with Crippen molar-refractivity contribution in [3.63, 3.8) is 0 Å². The molecule has 1 atom stereocenters. The number of aryl methyl sites for hydroxylation is 1. The molecule has 0 radical (unpaired) electrons. The smallest absolute Gasteiger partial charge is 0.0522 e. The standard InChI is InChI=1S/C11H14BrN3S/c1-13-10(11-9(12)3-4-16-11)5-8-6-14-15(2)7-8/h3-4,6-7,10,13H,5H2,1-2H3. The van der Waals surface area contributed by atoms with Crippen LogP contribution in [0.3, 0.4) is 0 Å². The second kappa shape index (κ2) is 5.12. The van der Waals surface area contributed by atoms with E-state index in [1.807, 2.05) is 25.0 Å². The number of nitrogens with zero attached hydrogens (tertiary/aromatic N) is 2. The van der Waals surface area contributed by atoms with Crippen LogP contribution in [0.4, 0.5) is 0 Å². The van der Waals surface area contributed by atoms with Gasteiger partial charge in [-0.2, -0.15) is 5.10 Å². The van der Waals surface area contributed by atoms with Crippen LogP contribution >= 0.6 is 27.3 Å². The third-order valence-corrected chi connectivity index (χ3v) is 4.49. The summed E-state index contributed by atoms with van der Waals surface area (Å²) < 4.78 is 3.02. The fourth-order valence-electron chi connectivity index (χ4n) is 1.69. The molecule has 86 valence electrons. The number of nitrogens with one attached hydrogen (secondary N) is 1. The van der Waals surface area contributed by atoms with Gasteiger partial charge in [-0.15, -0.1) is 11.3 Å². The fraction of sp³-hybridized carbons (Fsp3) is 0.364. The maximum absolute atomic E-state index is 4.19. The molecule has 0 aromatic carbocycles. The summed E-state index contributed by atoms with van der Waals surface area (Å²) in [5.74, 6) is 0. The summed E-state index contributed by atoms with van der Waals surface area (Å²) in [7, 11) is 3.94. The fourth-order valence-corrected chi connectivity index (χ4v) is 3.45. The lowest BCUT2D eigenvalue weighted by molar-refractivity contribution is 0.600. The van der Waals surface area contributed by atoms with Crippen LogP contribution in [0.15, 0.2) is 28.3 Å². The van der Waals surface area contributed by atoms with Gasteiger partial charge in [-0.1, -0.05) is 0 Å². The van der Waals surface area contributed by atoms with E-state index in [4.69, 9.17) is 0 Å². The molecule has 0 aliphatic heterocycles. The van der Waals surface area contributed by atoms with Crippen molar-refractivity contribution in [1.82, 2.24) is 15.1 Å². The zero-order valence-corrected chi connectivity index (χ0v) is 11.7. The van der Waals surface area contributed by atoms with Crippen LogP contribution < -0.4 is 5.32 Å². The minimum Gasteiger partial charge on any atom is -0.312 e. The lowest BCUT2D eigenvalue weighted by Gasteiger charge is -2.14. The Bertz CT molecular complexity index is 463. The highest BCUT2D eigenvalue weighted by Gasteiger charge is 2.15. The van der Waals surface area contributed by atoms with Crippen LogP contribution in [0.5, 0.6) is 0 Å². The first-order valence-corrected chi connectivity index (χ1v) is 6.75. The minimum atomic E-state index is 0.346. The number of hydrogen-bond donors (Lipinski definition) is 1. The number of aromatic nitrogens is 2. The summed E-state index contributed by atoms with van der Waals surface area (Å²) in [5.41, 5.74) is 1.25. The summed E-state index contributed by atoms with van der Waals surface area (Å²) in [4.78, 5) is 1.34. The van der Waals surface area contributed by atoms with Gasteiger partial charge in [0.05, 0.1) is 6.20 Å². The highest BCUT2D eigenvalue weighted by atomic mass is 79.9. The molecule has 0 amide bonds. The lowest BCUT2D eigenvalue weighted by atomic mass is 10.1. The molecule has 2 heterocycles. The number of likely N-dealkylation sites (N-methyl/N-ethyl adjacent to an activating group) is 1. The van der Waals surface area contributed by atoms with E-state index in [2.05, 4.69) is 44.0 Å². The summed E-state index contributed by atoms with van der Waals surface area (Å²) in [6.07, 6.45) is 4.95. The van der Waals surface area contributed by atoms with Gasteiger partial charge in [0.15, 0.2) is 0 Å². The Balaban J connectivity index is 2.15. The van der Waals surface area contributed by atoms with Crippen LogP contribution in [0.2, 0.25) is 0 Å². The average molecular weight is 300 g/mol. The summed E-state index contributed by atoms with van der Waals surface area (Å²) in [6.45, 7) is 0. The van der Waals surface area contributed by atoms with E-state index in [1.54, 1.807) is 11.3 Å². The van der Waals surface area contributed by atoms with E-state index in [1.165, 1.54) is 14.9 Å². The zero-order valence-electron chi connectivity index (χ0n) is 9.27. The van der Waals surface area contributed by atoms with Crippen LogP contribution in [0, 0.1) is 0 Å². The zero-order chi connectivity index (χ0) is 11.5. The Hall–Kier alpha value is -0.650. The minimum absolute atomic E-state index is 0.346. The molecule has 0 saturated carbocycles. The number of halogens is 1. The Labute approximate surface area is 108 Å². The van der Waals surface area contributed by atoms with Crippen molar-refractivity contribution in [2.75, 3.05) is 7.05 Å². The maximum atomic E-state index is 4.19. The van der Waals surface area contributed by atoms with Gasteiger partial charge in [-0.3, -0.25) is 4.68 Å². The Morgan fingerprint density at radius 3 is 2.94 bits per heavy atom. The normalized spacial score (nSPS) is 12.9. The molecule has 5 heteroatoms. The van der Waals surface area contributed by atoms with Gasteiger partial charge < -0.3 is 5.32 Å². The molecule has 0 bridgehead atoms. The summed E-state index contributed by atoms with van der Waals surface area (Å²) in [5, 5.41) is 9.64. The van der Waals surface area contributed by atoms with Crippen molar-refractivity contribution >= 4 is 27.3 Å². The summed E-state index contributed by atoms with van der Waals surface area (Å²) in [6, 6.07) is 2.44. The predicted octanol–water partition coefficient (Wildman–Crippen LogP) is 2.75. The maximum Gasteiger partial charge on any atom is 0.0522 e. The molecule has 2 rings (SSSR count). The Morgan fingerprint density at radius 1 is 1.62 bits per heavy atom. The number of rotatable bonds is 4. The van der Waals surface area contributed by atoms with Crippen molar-refractivity contribution in [2.45, 2.75) is 12.5 Å². The van der Waals surface area contributed by atoms with Gasteiger partial charge in [0.2, 0.25) is 0 Å². The first-order valence-electron chi connectivity index (χ1n) is 5.08. The molecule has 0 spiro atoms. The van der Waals surface area contributed by atoms with Gasteiger partial charge in [0, 0.05) is 28.6 Å². The lowest BCUT2D eigenvalue weighted by Crippen LogP contribution is -2.17. The van der Waals surface area contributed by atoms with E-state index < -0.39 is 0 Å². The topological polar surface area (TPSA) is 29.9 Å². The number of hydrogen-bond acceptors (Lipinski definition) is 3. The molecule has 2 aromatic rings. The average Bonchev–Trinajstić information content (AvgIpc) is 2.84. The van der Waals surface area contributed by atoms with Crippen molar-refractivity contribution in [3.8, 4) is 0 Å². The van der Waals surface area contributed by atoms with Crippen LogP contribution in [-0.2, 0) is 13.5 Å².